The van der Waals surface area contributed by atoms with Crippen molar-refractivity contribution in [3.8, 4) is 0 Å². The average Bonchev–Trinajstić information content (AvgIpc) is 3.10. The molecule has 9 nitrogen and oxygen atoms in total. The molecule has 2 saturated carbocycles. The van der Waals surface area contributed by atoms with E-state index < -0.39 is 24.5 Å². The van der Waals surface area contributed by atoms with Crippen LogP contribution in [0.1, 0.15) is 68.9 Å². The van der Waals surface area contributed by atoms with Crippen LogP contribution in [-0.4, -0.2) is 71.4 Å². The Morgan fingerprint density at radius 3 is 1.61 bits per heavy atom. The number of carbonyl (C=O) groups is 4. The molecule has 2 aromatic carbocycles. The van der Waals surface area contributed by atoms with E-state index in [2.05, 4.69) is 50.6 Å². The number of benzene rings is 2. The Bertz CT molecular complexity index is 1160. The fraction of sp³-hybridized carbons (Fsp3) is 0.568. The number of esters is 1. The molecule has 4 rings (SSSR count). The predicted octanol–water partition coefficient (Wildman–Crippen LogP) is 5.95. The number of aryl methyl sites for hydroxylation is 2. The molecule has 254 valence electrons. The third-order valence-corrected chi connectivity index (χ3v) is 8.55. The van der Waals surface area contributed by atoms with E-state index in [4.69, 9.17) is 9.47 Å². The summed E-state index contributed by atoms with van der Waals surface area (Å²) in [7, 11) is 6.85. The molecule has 0 amide bonds. The average molecular weight is 641 g/mol. The van der Waals surface area contributed by atoms with Crippen LogP contribution in [0.25, 0.3) is 0 Å². The van der Waals surface area contributed by atoms with Gasteiger partial charge in [0, 0.05) is 46.7 Å². The Kier molecular flexibility index (Phi) is 18.9. The van der Waals surface area contributed by atoms with E-state index in [1.807, 2.05) is 24.3 Å². The van der Waals surface area contributed by atoms with Gasteiger partial charge in [0.2, 0.25) is 6.29 Å². The summed E-state index contributed by atoms with van der Waals surface area (Å²) < 4.78 is 23.4. The lowest BCUT2D eigenvalue weighted by atomic mass is 9.76. The standard InChI is InChI=1S/C18H24O4.C14H18O.C5H10O4/c1-21-18(22-2)17(20)15-10-6-9-14(16(15)19)12-11-13-7-4-3-5-8-13;15-14-9-5-4-8-13(14)11-10-12-6-2-1-3-7-12;1-7-4(6)5(8-2)9-3/h3-5,7-8,14-15,18H,6,9-12H2,1-2H3;1-3,6-7,13H,4-5,8-11H2;5H,1-3H3. The third kappa shape index (κ3) is 13.2. The second kappa shape index (κ2) is 22.3. The zero-order valence-electron chi connectivity index (χ0n) is 28.1. The van der Waals surface area contributed by atoms with Gasteiger partial charge in [-0.25, -0.2) is 4.79 Å². The van der Waals surface area contributed by atoms with Gasteiger partial charge in [-0.2, -0.15) is 0 Å². The third-order valence-electron chi connectivity index (χ3n) is 8.55. The van der Waals surface area contributed by atoms with E-state index in [0.717, 1.165) is 57.8 Å². The Balaban J connectivity index is 0.000000265. The summed E-state index contributed by atoms with van der Waals surface area (Å²) in [5.74, 6) is -0.460. The van der Waals surface area contributed by atoms with Crippen molar-refractivity contribution >= 4 is 23.3 Å². The van der Waals surface area contributed by atoms with Crippen LogP contribution in [0.4, 0.5) is 0 Å². The molecule has 0 N–H and O–H groups in total. The van der Waals surface area contributed by atoms with Crippen molar-refractivity contribution in [3.63, 3.8) is 0 Å². The number of carbonyl (C=O) groups excluding carboxylic acids is 4. The summed E-state index contributed by atoms with van der Waals surface area (Å²) in [6.07, 6.45) is 8.63. The van der Waals surface area contributed by atoms with E-state index in [-0.39, 0.29) is 17.5 Å². The fourth-order valence-electron chi connectivity index (χ4n) is 5.92. The number of hydrogen-bond donors (Lipinski definition) is 0. The van der Waals surface area contributed by atoms with Crippen LogP contribution in [0.5, 0.6) is 0 Å². The van der Waals surface area contributed by atoms with Crippen molar-refractivity contribution in [2.75, 3.05) is 35.5 Å². The second-order valence-electron chi connectivity index (χ2n) is 11.6. The normalized spacial score (nSPS) is 19.5. The van der Waals surface area contributed by atoms with Gasteiger partial charge in [-0.15, -0.1) is 0 Å². The van der Waals surface area contributed by atoms with Crippen LogP contribution in [0.2, 0.25) is 0 Å². The van der Waals surface area contributed by atoms with Gasteiger partial charge in [0.15, 0.2) is 5.78 Å². The first-order chi connectivity index (χ1) is 22.3. The highest BCUT2D eigenvalue weighted by Gasteiger charge is 2.38. The zero-order chi connectivity index (χ0) is 33.7. The smallest absolute Gasteiger partial charge is 0.363 e. The lowest BCUT2D eigenvalue weighted by Crippen LogP contribution is -2.40. The Morgan fingerprint density at radius 1 is 0.652 bits per heavy atom. The maximum Gasteiger partial charge on any atom is 0.363 e. The molecule has 2 aliphatic carbocycles. The minimum atomic E-state index is -0.929. The van der Waals surface area contributed by atoms with Crippen LogP contribution in [-0.2, 0) is 55.7 Å². The number of Topliss-reactive ketones (excluding diaryl/α,β-unsaturated/α-hetero) is 3. The molecule has 2 aliphatic rings. The van der Waals surface area contributed by atoms with Crippen molar-refractivity contribution in [2.45, 2.75) is 83.2 Å². The summed E-state index contributed by atoms with van der Waals surface area (Å²) in [6, 6.07) is 20.6. The largest absolute Gasteiger partial charge is 0.465 e. The summed E-state index contributed by atoms with van der Waals surface area (Å²) in [5.41, 5.74) is 2.59. The summed E-state index contributed by atoms with van der Waals surface area (Å²) >= 11 is 0. The summed E-state index contributed by atoms with van der Waals surface area (Å²) in [6.45, 7) is 0. The Labute approximate surface area is 274 Å². The van der Waals surface area contributed by atoms with Gasteiger partial charge in [0.05, 0.1) is 13.0 Å². The highest BCUT2D eigenvalue weighted by Crippen LogP contribution is 2.31. The molecule has 0 bridgehead atoms. The van der Waals surface area contributed by atoms with Gasteiger partial charge in [0.1, 0.15) is 11.6 Å². The second-order valence-corrected chi connectivity index (χ2v) is 11.6. The highest BCUT2D eigenvalue weighted by molar-refractivity contribution is 6.05. The molecule has 0 saturated heterocycles. The number of ketones is 3. The summed E-state index contributed by atoms with van der Waals surface area (Å²) in [4.78, 5) is 47.0. The predicted molar refractivity (Wildman–Crippen MR) is 175 cm³/mol. The van der Waals surface area contributed by atoms with Crippen molar-refractivity contribution in [1.29, 1.82) is 0 Å². The van der Waals surface area contributed by atoms with E-state index >= 15 is 0 Å². The molecular weight excluding hydrogens is 588 g/mol. The van der Waals surface area contributed by atoms with Gasteiger partial charge in [-0.05, 0) is 62.5 Å². The number of methoxy groups -OCH3 is 5. The van der Waals surface area contributed by atoms with E-state index in [9.17, 15) is 19.2 Å². The van der Waals surface area contributed by atoms with E-state index in [0.29, 0.717) is 18.1 Å². The van der Waals surface area contributed by atoms with Crippen LogP contribution < -0.4 is 0 Å². The molecule has 3 unspecified atom stereocenters. The number of rotatable bonds is 13. The van der Waals surface area contributed by atoms with Crippen molar-refractivity contribution in [1.82, 2.24) is 0 Å². The van der Waals surface area contributed by atoms with Crippen molar-refractivity contribution in [3.05, 3.63) is 71.8 Å². The lowest BCUT2D eigenvalue weighted by molar-refractivity contribution is -0.180. The quantitative estimate of drug-likeness (QED) is 0.149. The van der Waals surface area contributed by atoms with Gasteiger partial charge >= 0.3 is 5.97 Å². The minimum absolute atomic E-state index is 0.0303. The first-order valence-corrected chi connectivity index (χ1v) is 16.2. The molecule has 3 atom stereocenters. The molecule has 0 heterocycles. The maximum atomic E-state index is 12.6. The number of ether oxygens (including phenoxy) is 5. The Hall–Kier alpha value is -3.24. The fourth-order valence-corrected chi connectivity index (χ4v) is 5.92. The van der Waals surface area contributed by atoms with Crippen LogP contribution in [0, 0.1) is 17.8 Å². The van der Waals surface area contributed by atoms with Gasteiger partial charge < -0.3 is 23.7 Å². The molecule has 2 aromatic rings. The van der Waals surface area contributed by atoms with E-state index in [1.54, 1.807) is 0 Å². The number of hydrogen-bond acceptors (Lipinski definition) is 9. The topological polar surface area (TPSA) is 114 Å². The molecule has 2 fully saturated rings. The molecule has 46 heavy (non-hydrogen) atoms. The summed E-state index contributed by atoms with van der Waals surface area (Å²) in [5, 5.41) is 0. The first-order valence-electron chi connectivity index (χ1n) is 16.2. The van der Waals surface area contributed by atoms with Crippen LogP contribution in [0.15, 0.2) is 60.7 Å². The molecule has 0 aromatic heterocycles. The molecular formula is C37H52O9. The van der Waals surface area contributed by atoms with Crippen LogP contribution in [0.3, 0.4) is 0 Å². The molecule has 0 spiro atoms. The molecule has 9 heteroatoms. The van der Waals surface area contributed by atoms with Crippen molar-refractivity contribution < 1.29 is 42.9 Å². The van der Waals surface area contributed by atoms with Crippen molar-refractivity contribution in [2.24, 2.45) is 17.8 Å². The van der Waals surface area contributed by atoms with Crippen LogP contribution >= 0.6 is 0 Å². The van der Waals surface area contributed by atoms with Gasteiger partial charge in [-0.1, -0.05) is 73.5 Å². The molecule has 0 aliphatic heterocycles. The monoisotopic (exact) mass is 640 g/mol. The maximum absolute atomic E-state index is 12.6. The highest BCUT2D eigenvalue weighted by atomic mass is 16.7. The van der Waals surface area contributed by atoms with E-state index in [1.165, 1.54) is 53.1 Å². The molecule has 0 radical (unpaired) electrons. The first kappa shape index (κ1) is 38.9. The SMILES string of the molecule is COC(=O)C(OC)OC.COC(OC)C(=O)C1CCCC(CCc2ccccc2)C1=O.O=C1CCCCC1CCc1ccccc1. The Morgan fingerprint density at radius 2 is 1.15 bits per heavy atom. The van der Waals surface area contributed by atoms with Gasteiger partial charge in [-0.3, -0.25) is 14.4 Å². The van der Waals surface area contributed by atoms with Gasteiger partial charge in [0.25, 0.3) is 6.29 Å². The minimum Gasteiger partial charge on any atom is -0.465 e. The zero-order valence-corrected chi connectivity index (χ0v) is 28.1. The lowest BCUT2D eigenvalue weighted by Gasteiger charge is -2.28.